The minimum absolute atomic E-state index is 0.215. The summed E-state index contributed by atoms with van der Waals surface area (Å²) in [6.07, 6.45) is 1.76. The summed E-state index contributed by atoms with van der Waals surface area (Å²) in [6.45, 7) is 0. The van der Waals surface area contributed by atoms with Crippen molar-refractivity contribution in [3.63, 3.8) is 0 Å². The van der Waals surface area contributed by atoms with Crippen LogP contribution in [0.25, 0.3) is 6.08 Å². The van der Waals surface area contributed by atoms with Gasteiger partial charge in [0, 0.05) is 4.47 Å². The molecule has 1 aliphatic rings. The highest BCUT2D eigenvalue weighted by Gasteiger charge is 2.23. The summed E-state index contributed by atoms with van der Waals surface area (Å²) in [4.78, 5) is 29.5. The third-order valence-corrected chi connectivity index (χ3v) is 5.86. The standard InChI is InChI=1S/C24H17BrN2O4S/c1-30-19-12-8-18(9-13-19)26-24-27-22(28)21(32-24)14-15-2-10-20(11-3-15)31-23(29)16-4-6-17(25)7-5-16/h2-14H,1H3,(H,26,27,28)/b21-14-. The van der Waals surface area contributed by atoms with E-state index in [9.17, 15) is 9.59 Å². The molecular weight excluding hydrogens is 492 g/mol. The lowest BCUT2D eigenvalue weighted by atomic mass is 10.2. The topological polar surface area (TPSA) is 77.0 Å². The third-order valence-electron chi connectivity index (χ3n) is 4.42. The maximum atomic E-state index is 12.3. The van der Waals surface area contributed by atoms with Gasteiger partial charge in [0.05, 0.1) is 23.3 Å². The molecule has 3 aromatic carbocycles. The first-order valence-electron chi connectivity index (χ1n) is 9.51. The lowest BCUT2D eigenvalue weighted by Gasteiger charge is -2.05. The first-order valence-corrected chi connectivity index (χ1v) is 11.1. The van der Waals surface area contributed by atoms with Crippen molar-refractivity contribution < 1.29 is 19.1 Å². The lowest BCUT2D eigenvalue weighted by molar-refractivity contribution is -0.115. The van der Waals surface area contributed by atoms with E-state index in [1.807, 2.05) is 24.3 Å². The van der Waals surface area contributed by atoms with Crippen molar-refractivity contribution in [3.8, 4) is 11.5 Å². The molecule has 0 spiro atoms. The highest BCUT2D eigenvalue weighted by molar-refractivity contribution is 9.10. The van der Waals surface area contributed by atoms with Crippen molar-refractivity contribution in [1.29, 1.82) is 0 Å². The Morgan fingerprint density at radius 2 is 1.62 bits per heavy atom. The molecule has 3 aromatic rings. The van der Waals surface area contributed by atoms with Gasteiger partial charge in [-0.2, -0.15) is 0 Å². The van der Waals surface area contributed by atoms with Crippen LogP contribution >= 0.6 is 27.7 Å². The van der Waals surface area contributed by atoms with Crippen molar-refractivity contribution in [2.24, 2.45) is 4.99 Å². The van der Waals surface area contributed by atoms with E-state index in [-0.39, 0.29) is 5.91 Å². The largest absolute Gasteiger partial charge is 0.497 e. The van der Waals surface area contributed by atoms with Gasteiger partial charge in [-0.25, -0.2) is 9.79 Å². The van der Waals surface area contributed by atoms with Crippen molar-refractivity contribution in [2.45, 2.75) is 0 Å². The molecule has 8 heteroatoms. The summed E-state index contributed by atoms with van der Waals surface area (Å²) in [5.74, 6) is 0.510. The number of nitrogens with one attached hydrogen (secondary N) is 1. The monoisotopic (exact) mass is 508 g/mol. The molecule has 0 aliphatic carbocycles. The van der Waals surface area contributed by atoms with Crippen LogP contribution in [0.2, 0.25) is 0 Å². The maximum absolute atomic E-state index is 12.3. The van der Waals surface area contributed by atoms with Gasteiger partial charge < -0.3 is 14.8 Å². The second kappa shape index (κ2) is 9.84. The fraction of sp³-hybridized carbons (Fsp3) is 0.0417. The van der Waals surface area contributed by atoms with Gasteiger partial charge in [0.25, 0.3) is 5.91 Å². The van der Waals surface area contributed by atoms with Crippen LogP contribution < -0.4 is 14.8 Å². The number of methoxy groups -OCH3 is 1. The van der Waals surface area contributed by atoms with Gasteiger partial charge in [-0.1, -0.05) is 28.1 Å². The fourth-order valence-electron chi connectivity index (χ4n) is 2.79. The summed E-state index contributed by atoms with van der Waals surface area (Å²) in [5, 5.41) is 3.27. The second-order valence-electron chi connectivity index (χ2n) is 6.65. The molecule has 1 amide bonds. The maximum Gasteiger partial charge on any atom is 0.343 e. The number of carbonyl (C=O) groups excluding carboxylic acids is 2. The van der Waals surface area contributed by atoms with Crippen molar-refractivity contribution >= 4 is 56.5 Å². The van der Waals surface area contributed by atoms with Gasteiger partial charge in [-0.15, -0.1) is 0 Å². The molecule has 1 aliphatic heterocycles. The Morgan fingerprint density at radius 3 is 2.28 bits per heavy atom. The first-order chi connectivity index (χ1) is 15.5. The molecule has 0 atom stereocenters. The predicted molar refractivity (Wildman–Crippen MR) is 129 cm³/mol. The number of ether oxygens (including phenoxy) is 2. The Hall–Kier alpha value is -3.36. The zero-order valence-corrected chi connectivity index (χ0v) is 19.3. The molecule has 4 rings (SSSR count). The van der Waals surface area contributed by atoms with E-state index in [2.05, 4.69) is 26.2 Å². The predicted octanol–water partition coefficient (Wildman–Crippen LogP) is 5.57. The van der Waals surface area contributed by atoms with Crippen LogP contribution in [0.1, 0.15) is 15.9 Å². The zero-order valence-electron chi connectivity index (χ0n) is 16.9. The molecule has 0 unspecified atom stereocenters. The molecule has 0 radical (unpaired) electrons. The summed E-state index contributed by atoms with van der Waals surface area (Å²) in [7, 11) is 1.60. The highest BCUT2D eigenvalue weighted by atomic mass is 79.9. The fourth-order valence-corrected chi connectivity index (χ4v) is 3.90. The Bertz CT molecular complexity index is 1200. The number of amidine groups is 1. The van der Waals surface area contributed by atoms with Crippen LogP contribution in [0.3, 0.4) is 0 Å². The zero-order chi connectivity index (χ0) is 22.5. The van der Waals surface area contributed by atoms with E-state index >= 15 is 0 Å². The van der Waals surface area contributed by atoms with E-state index < -0.39 is 5.97 Å². The van der Waals surface area contributed by atoms with Crippen molar-refractivity contribution in [3.05, 3.63) is 93.3 Å². The van der Waals surface area contributed by atoms with E-state index in [1.54, 1.807) is 61.7 Å². The number of aliphatic imine (C=N–C) groups is 1. The number of hydrogen-bond acceptors (Lipinski definition) is 6. The average Bonchev–Trinajstić information content (AvgIpc) is 3.14. The minimum Gasteiger partial charge on any atom is -0.497 e. The molecule has 1 heterocycles. The highest BCUT2D eigenvalue weighted by Crippen LogP contribution is 2.29. The van der Waals surface area contributed by atoms with Gasteiger partial charge in [0.1, 0.15) is 11.5 Å². The van der Waals surface area contributed by atoms with E-state index in [0.717, 1.165) is 15.8 Å². The van der Waals surface area contributed by atoms with Gasteiger partial charge in [0.2, 0.25) is 0 Å². The smallest absolute Gasteiger partial charge is 0.343 e. The van der Waals surface area contributed by atoms with Gasteiger partial charge in [0.15, 0.2) is 5.17 Å². The van der Waals surface area contributed by atoms with Crippen molar-refractivity contribution in [1.82, 2.24) is 5.32 Å². The van der Waals surface area contributed by atoms with E-state index in [4.69, 9.17) is 9.47 Å². The van der Waals surface area contributed by atoms with E-state index in [1.165, 1.54) is 11.8 Å². The summed E-state index contributed by atoms with van der Waals surface area (Å²) in [5.41, 5.74) is 1.98. The van der Waals surface area contributed by atoms with E-state index in [0.29, 0.717) is 27.1 Å². The summed E-state index contributed by atoms with van der Waals surface area (Å²) < 4.78 is 11.4. The van der Waals surface area contributed by atoms with Crippen molar-refractivity contribution in [2.75, 3.05) is 7.11 Å². The number of amides is 1. The quantitative estimate of drug-likeness (QED) is 0.277. The van der Waals surface area contributed by atoms with Crippen LogP contribution in [0.5, 0.6) is 11.5 Å². The summed E-state index contributed by atoms with van der Waals surface area (Å²) in [6, 6.07) is 21.1. The lowest BCUT2D eigenvalue weighted by Crippen LogP contribution is -2.19. The minimum atomic E-state index is -0.436. The number of hydrogen-bond donors (Lipinski definition) is 1. The van der Waals surface area contributed by atoms with Gasteiger partial charge >= 0.3 is 5.97 Å². The summed E-state index contributed by atoms with van der Waals surface area (Å²) >= 11 is 4.60. The SMILES string of the molecule is COc1ccc(N=C2NC(=O)/C(=C/c3ccc(OC(=O)c4ccc(Br)cc4)cc3)S2)cc1. The second-order valence-corrected chi connectivity index (χ2v) is 8.59. The molecule has 1 saturated heterocycles. The van der Waals surface area contributed by atoms with Crippen LogP contribution in [0.4, 0.5) is 5.69 Å². The van der Waals surface area contributed by atoms with Crippen LogP contribution in [-0.4, -0.2) is 24.2 Å². The number of esters is 1. The Morgan fingerprint density at radius 1 is 0.969 bits per heavy atom. The van der Waals surface area contributed by atoms with Crippen LogP contribution in [0, 0.1) is 0 Å². The number of thioether (sulfide) groups is 1. The number of rotatable bonds is 5. The molecular formula is C24H17BrN2O4S. The van der Waals surface area contributed by atoms with Crippen LogP contribution in [0.15, 0.2) is 87.2 Å². The van der Waals surface area contributed by atoms with Crippen LogP contribution in [-0.2, 0) is 4.79 Å². The average molecular weight is 509 g/mol. The normalized spacial score (nSPS) is 15.6. The number of benzene rings is 3. The molecule has 1 fully saturated rings. The molecule has 0 bridgehead atoms. The van der Waals surface area contributed by atoms with Gasteiger partial charge in [-0.05, 0) is 84.1 Å². The number of nitrogens with zero attached hydrogens (tertiary/aromatic N) is 1. The third kappa shape index (κ3) is 5.46. The molecule has 1 N–H and O–H groups in total. The number of halogens is 1. The Balaban J connectivity index is 1.42. The number of carbonyl (C=O) groups is 2. The van der Waals surface area contributed by atoms with Gasteiger partial charge in [-0.3, -0.25) is 4.79 Å². The Kier molecular flexibility index (Phi) is 6.72. The first kappa shape index (κ1) is 21.9. The molecule has 0 aromatic heterocycles. The molecule has 0 saturated carbocycles. The Labute approximate surface area is 197 Å². The molecule has 160 valence electrons. The molecule has 32 heavy (non-hydrogen) atoms. The molecule has 6 nitrogen and oxygen atoms in total.